The first-order chi connectivity index (χ1) is 15.4. The highest BCUT2D eigenvalue weighted by molar-refractivity contribution is 5.34. The number of hydrogen-bond donors (Lipinski definition) is 0. The molecule has 2 aromatic rings. The Kier molecular flexibility index (Phi) is 5.94. The highest BCUT2D eigenvalue weighted by Gasteiger charge is 2.39. The van der Waals surface area contributed by atoms with Gasteiger partial charge in [-0.25, -0.2) is 0 Å². The monoisotopic (exact) mass is 436 g/mol. The minimum atomic E-state index is 0.155. The largest absolute Gasteiger partial charge is 0.491 e. The molecule has 0 bridgehead atoms. The van der Waals surface area contributed by atoms with E-state index < -0.39 is 0 Å². The maximum absolute atomic E-state index is 5.82. The average molecular weight is 437 g/mol. The van der Waals surface area contributed by atoms with Crippen LogP contribution < -0.4 is 9.47 Å². The Labute approximate surface area is 192 Å². The molecule has 0 spiro atoms. The second-order valence-corrected chi connectivity index (χ2v) is 10.6. The molecule has 2 unspecified atom stereocenters. The van der Waals surface area contributed by atoms with Crippen molar-refractivity contribution in [3.05, 3.63) is 59.7 Å². The molecular formula is C28H36O4. The third kappa shape index (κ3) is 4.97. The number of ether oxygens (including phenoxy) is 4. The first-order valence-electron chi connectivity index (χ1n) is 12.1. The minimum absolute atomic E-state index is 0.155. The van der Waals surface area contributed by atoms with Crippen LogP contribution in [0.1, 0.15) is 57.6 Å². The van der Waals surface area contributed by atoms with Crippen molar-refractivity contribution in [1.29, 1.82) is 0 Å². The maximum atomic E-state index is 5.82. The van der Waals surface area contributed by atoms with Gasteiger partial charge in [-0.15, -0.1) is 0 Å². The summed E-state index contributed by atoms with van der Waals surface area (Å²) in [5.74, 6) is 2.57. The summed E-state index contributed by atoms with van der Waals surface area (Å²) < 4.78 is 22.1. The molecule has 1 saturated carbocycles. The third-order valence-corrected chi connectivity index (χ3v) is 7.94. The Morgan fingerprint density at radius 2 is 1.28 bits per heavy atom. The molecule has 2 atom stereocenters. The lowest BCUT2D eigenvalue weighted by atomic mass is 9.60. The van der Waals surface area contributed by atoms with Crippen molar-refractivity contribution in [2.24, 2.45) is 5.92 Å². The molecule has 0 radical (unpaired) electrons. The molecule has 0 N–H and O–H groups in total. The van der Waals surface area contributed by atoms with Crippen molar-refractivity contribution in [3.63, 3.8) is 0 Å². The zero-order valence-electron chi connectivity index (χ0n) is 19.6. The van der Waals surface area contributed by atoms with Gasteiger partial charge < -0.3 is 18.9 Å². The normalized spacial score (nSPS) is 29.4. The molecule has 2 heterocycles. The second-order valence-electron chi connectivity index (χ2n) is 10.6. The number of epoxide rings is 2. The van der Waals surface area contributed by atoms with Crippen molar-refractivity contribution in [1.82, 2.24) is 0 Å². The van der Waals surface area contributed by atoms with Crippen molar-refractivity contribution < 1.29 is 18.9 Å². The van der Waals surface area contributed by atoms with Crippen LogP contribution >= 0.6 is 0 Å². The van der Waals surface area contributed by atoms with E-state index >= 15 is 0 Å². The molecule has 3 fully saturated rings. The van der Waals surface area contributed by atoms with Crippen LogP contribution in [0.3, 0.4) is 0 Å². The smallest absolute Gasteiger partial charge is 0.119 e. The summed E-state index contributed by atoms with van der Waals surface area (Å²) in [6.07, 6.45) is 5.53. The summed E-state index contributed by atoms with van der Waals surface area (Å²) in [6.45, 7) is 10.2. The van der Waals surface area contributed by atoms with Crippen molar-refractivity contribution in [3.8, 4) is 11.5 Å². The van der Waals surface area contributed by atoms with E-state index in [4.69, 9.17) is 18.9 Å². The van der Waals surface area contributed by atoms with E-state index in [0.29, 0.717) is 31.3 Å². The number of rotatable bonds is 9. The van der Waals surface area contributed by atoms with Gasteiger partial charge >= 0.3 is 0 Å². The molecule has 4 nitrogen and oxygen atoms in total. The van der Waals surface area contributed by atoms with Crippen LogP contribution in [0.25, 0.3) is 0 Å². The van der Waals surface area contributed by atoms with Crippen LogP contribution in [-0.2, 0) is 20.3 Å². The van der Waals surface area contributed by atoms with Crippen LogP contribution in [0.2, 0.25) is 0 Å². The Morgan fingerprint density at radius 3 is 1.75 bits per heavy atom. The highest BCUT2D eigenvalue weighted by atomic mass is 16.6. The lowest BCUT2D eigenvalue weighted by Gasteiger charge is -2.44. The second kappa shape index (κ2) is 8.72. The molecule has 3 aliphatic rings. The van der Waals surface area contributed by atoms with E-state index in [1.54, 1.807) is 0 Å². The molecule has 5 rings (SSSR count). The molecule has 32 heavy (non-hydrogen) atoms. The summed E-state index contributed by atoms with van der Waals surface area (Å²) in [4.78, 5) is 0. The molecule has 4 heteroatoms. The van der Waals surface area contributed by atoms with E-state index in [1.807, 2.05) is 0 Å². The molecule has 0 aromatic heterocycles. The summed E-state index contributed by atoms with van der Waals surface area (Å²) in [6, 6.07) is 17.5. The van der Waals surface area contributed by atoms with Crippen molar-refractivity contribution in [2.75, 3.05) is 26.4 Å². The Morgan fingerprint density at radius 1 is 0.812 bits per heavy atom. The van der Waals surface area contributed by atoms with Crippen LogP contribution in [0.5, 0.6) is 11.5 Å². The van der Waals surface area contributed by atoms with Crippen LogP contribution in [-0.4, -0.2) is 38.6 Å². The van der Waals surface area contributed by atoms with Crippen LogP contribution in [0.4, 0.5) is 0 Å². The molecule has 172 valence electrons. The van der Waals surface area contributed by atoms with Crippen LogP contribution in [0, 0.1) is 5.92 Å². The predicted molar refractivity (Wildman–Crippen MR) is 126 cm³/mol. The summed E-state index contributed by atoms with van der Waals surface area (Å²) in [7, 11) is 0. The Bertz CT molecular complexity index is 886. The van der Waals surface area contributed by atoms with Crippen molar-refractivity contribution in [2.45, 2.75) is 69.5 Å². The molecule has 1 aliphatic carbocycles. The zero-order chi connectivity index (χ0) is 22.2. The van der Waals surface area contributed by atoms with Gasteiger partial charge in [-0.3, -0.25) is 0 Å². The van der Waals surface area contributed by atoms with E-state index in [2.05, 4.69) is 69.3 Å². The highest BCUT2D eigenvalue weighted by Crippen LogP contribution is 2.48. The zero-order valence-corrected chi connectivity index (χ0v) is 19.6. The van der Waals surface area contributed by atoms with E-state index in [0.717, 1.165) is 24.7 Å². The average Bonchev–Trinajstić information content (AvgIpc) is 3.72. The SMILES string of the molecule is CC1(c2ccc(OCC3CO3)cc2)CCC(C(C)(C)c2ccc(OCC3CO3)cc2)CC1. The fraction of sp³-hybridized carbons (Fsp3) is 0.571. The van der Waals surface area contributed by atoms with Crippen molar-refractivity contribution >= 4 is 0 Å². The van der Waals surface area contributed by atoms with Crippen LogP contribution in [0.15, 0.2) is 48.5 Å². The Hall–Kier alpha value is -2.04. The fourth-order valence-corrected chi connectivity index (χ4v) is 5.14. The fourth-order valence-electron chi connectivity index (χ4n) is 5.14. The van der Waals surface area contributed by atoms with Gasteiger partial charge in [-0.2, -0.15) is 0 Å². The van der Waals surface area contributed by atoms with Gasteiger partial charge in [0.1, 0.15) is 36.9 Å². The standard InChI is InChI=1S/C28H36O4/c1-27(2,20-4-8-23(9-5-20)29-16-25-18-31-25)21-12-14-28(3,15-13-21)22-6-10-24(11-7-22)30-17-26-19-32-26/h4-11,21,25-26H,12-19H2,1-3H3. The topological polar surface area (TPSA) is 43.5 Å². The van der Waals surface area contributed by atoms with Gasteiger partial charge in [0, 0.05) is 0 Å². The lowest BCUT2D eigenvalue weighted by molar-refractivity contribution is 0.178. The number of benzene rings is 2. The van der Waals surface area contributed by atoms with E-state index in [-0.39, 0.29) is 10.8 Å². The first kappa shape index (κ1) is 21.8. The van der Waals surface area contributed by atoms with E-state index in [1.165, 1.54) is 36.8 Å². The quantitative estimate of drug-likeness (QED) is 0.475. The summed E-state index contributed by atoms with van der Waals surface area (Å²) in [5.41, 5.74) is 3.24. The minimum Gasteiger partial charge on any atom is -0.491 e. The van der Waals surface area contributed by atoms with Gasteiger partial charge in [0.2, 0.25) is 0 Å². The summed E-state index contributed by atoms with van der Waals surface area (Å²) in [5, 5.41) is 0. The molecular weight excluding hydrogens is 400 g/mol. The lowest BCUT2D eigenvalue weighted by Crippen LogP contribution is -2.36. The molecule has 0 amide bonds. The van der Waals surface area contributed by atoms with E-state index in [9.17, 15) is 0 Å². The third-order valence-electron chi connectivity index (χ3n) is 7.94. The molecule has 2 aliphatic heterocycles. The summed E-state index contributed by atoms with van der Waals surface area (Å²) >= 11 is 0. The van der Waals surface area contributed by atoms with Gasteiger partial charge in [0.05, 0.1) is 13.2 Å². The maximum Gasteiger partial charge on any atom is 0.119 e. The predicted octanol–water partition coefficient (Wildman–Crippen LogP) is 5.67. The number of hydrogen-bond acceptors (Lipinski definition) is 4. The molecule has 2 saturated heterocycles. The molecule has 2 aromatic carbocycles. The Balaban J connectivity index is 1.18. The van der Waals surface area contributed by atoms with Gasteiger partial charge in [-0.1, -0.05) is 45.0 Å². The first-order valence-corrected chi connectivity index (χ1v) is 12.1. The van der Waals surface area contributed by atoms with Gasteiger partial charge in [-0.05, 0) is 77.8 Å². The van der Waals surface area contributed by atoms with Gasteiger partial charge in [0.15, 0.2) is 0 Å². The van der Waals surface area contributed by atoms with Gasteiger partial charge in [0.25, 0.3) is 0 Å².